The van der Waals surface area contributed by atoms with Gasteiger partial charge >= 0.3 is 0 Å². The molecule has 0 saturated carbocycles. The number of imidazole rings is 1. The van der Waals surface area contributed by atoms with Gasteiger partial charge in [0.25, 0.3) is 5.91 Å². The topological polar surface area (TPSA) is 170 Å². The highest BCUT2D eigenvalue weighted by Gasteiger charge is 2.34. The maximum absolute atomic E-state index is 13.2. The molecule has 2 aromatic carbocycles. The van der Waals surface area contributed by atoms with Crippen molar-refractivity contribution in [2.45, 2.75) is 64.0 Å². The van der Waals surface area contributed by atoms with Gasteiger partial charge in [-0.2, -0.15) is 0 Å². The zero-order valence-electron chi connectivity index (χ0n) is 25.8. The number of methoxy groups -OCH3 is 1. The lowest BCUT2D eigenvalue weighted by Crippen LogP contribution is -2.56. The Morgan fingerprint density at radius 2 is 1.80 bits per heavy atom. The van der Waals surface area contributed by atoms with Gasteiger partial charge in [0.15, 0.2) is 5.82 Å². The summed E-state index contributed by atoms with van der Waals surface area (Å²) in [5.41, 5.74) is 6.55. The minimum absolute atomic E-state index is 0.0627. The number of hydrogen-bond donors (Lipinski definition) is 4. The van der Waals surface area contributed by atoms with Crippen molar-refractivity contribution in [3.8, 4) is 5.75 Å². The number of carbonyl (C=O) groups excluding carboxylic acids is 4. The molecule has 4 rings (SSSR count). The lowest BCUT2D eigenvalue weighted by Gasteiger charge is -2.24. The van der Waals surface area contributed by atoms with Gasteiger partial charge in [0.1, 0.15) is 24.4 Å². The number of nitrogens with zero attached hydrogens (tertiary/aromatic N) is 3. The Morgan fingerprint density at radius 3 is 2.49 bits per heavy atom. The lowest BCUT2D eigenvalue weighted by molar-refractivity contribution is -0.139. The molecule has 0 bridgehead atoms. The summed E-state index contributed by atoms with van der Waals surface area (Å²) in [6.07, 6.45) is 4.23. The van der Waals surface area contributed by atoms with E-state index in [1.165, 1.54) is 30.9 Å². The molecule has 1 saturated heterocycles. The van der Waals surface area contributed by atoms with Gasteiger partial charge in [-0.25, -0.2) is 4.98 Å². The molecule has 2 heterocycles. The Balaban J connectivity index is 1.31. The van der Waals surface area contributed by atoms with Crippen molar-refractivity contribution in [1.29, 1.82) is 0 Å². The summed E-state index contributed by atoms with van der Waals surface area (Å²) >= 11 is 0. The van der Waals surface area contributed by atoms with Gasteiger partial charge in [-0.05, 0) is 49.9 Å². The van der Waals surface area contributed by atoms with E-state index in [2.05, 4.69) is 20.9 Å². The van der Waals surface area contributed by atoms with Crippen molar-refractivity contribution in [2.24, 2.45) is 5.73 Å². The van der Waals surface area contributed by atoms with Crippen LogP contribution in [0.3, 0.4) is 0 Å². The molecule has 13 nitrogen and oxygen atoms in total. The van der Waals surface area contributed by atoms with Crippen molar-refractivity contribution in [1.82, 2.24) is 25.1 Å². The van der Waals surface area contributed by atoms with Gasteiger partial charge < -0.3 is 40.6 Å². The second-order valence-corrected chi connectivity index (χ2v) is 11.5. The Labute approximate surface area is 262 Å². The number of ether oxygens (including phenoxy) is 2. The number of amides is 4. The molecule has 2 atom stereocenters. The summed E-state index contributed by atoms with van der Waals surface area (Å²) in [7, 11) is 1.59. The number of likely N-dealkylation sites (tertiary alicyclic amines) is 1. The predicted octanol–water partition coefficient (Wildman–Crippen LogP) is 1.58. The monoisotopic (exact) mass is 619 g/mol. The van der Waals surface area contributed by atoms with Crippen LogP contribution in [0.25, 0.3) is 0 Å². The quantitative estimate of drug-likeness (QED) is 0.211. The molecule has 3 aromatic rings. The second-order valence-electron chi connectivity index (χ2n) is 11.5. The average Bonchev–Trinajstić information content (AvgIpc) is 3.69. The van der Waals surface area contributed by atoms with E-state index in [1.54, 1.807) is 12.0 Å². The van der Waals surface area contributed by atoms with E-state index < -0.39 is 29.4 Å². The van der Waals surface area contributed by atoms with E-state index >= 15 is 0 Å². The molecule has 1 aliphatic rings. The summed E-state index contributed by atoms with van der Waals surface area (Å²) in [5, 5.41) is 8.24. The molecule has 13 heteroatoms. The largest absolute Gasteiger partial charge is 0.497 e. The maximum Gasteiger partial charge on any atom is 0.250 e. The van der Waals surface area contributed by atoms with Crippen molar-refractivity contribution in [2.75, 3.05) is 25.6 Å². The standard InChI is InChI=1S/C32H41N7O6/c1-32(2,33)31(43)36-25(20-45-19-23-8-5-4-6-9-23)29(41)37-27-17-38(21-35-27)18-28(40)39-15-7-10-26(39)30(42)34-16-22-11-13-24(44-3)14-12-22/h4-6,8-9,11-14,17,21,25-26H,7,10,15-16,18-20,33H2,1-3H3,(H,34,42)(H,36,43)(H,37,41)/t25-,26+/m1/s1. The van der Waals surface area contributed by atoms with Crippen molar-refractivity contribution < 1.29 is 28.7 Å². The maximum atomic E-state index is 13.2. The highest BCUT2D eigenvalue weighted by atomic mass is 16.5. The molecule has 0 unspecified atom stereocenters. The third-order valence-electron chi connectivity index (χ3n) is 7.31. The molecule has 0 radical (unpaired) electrons. The van der Waals surface area contributed by atoms with E-state index in [0.29, 0.717) is 19.5 Å². The number of nitrogens with two attached hydrogens (primary N) is 1. The van der Waals surface area contributed by atoms with Crippen LogP contribution in [0.4, 0.5) is 5.82 Å². The van der Waals surface area contributed by atoms with Crippen molar-refractivity contribution >= 4 is 29.4 Å². The first-order chi connectivity index (χ1) is 21.5. The zero-order valence-corrected chi connectivity index (χ0v) is 25.8. The summed E-state index contributed by atoms with van der Waals surface area (Å²) in [5.74, 6) is -0.594. The van der Waals surface area contributed by atoms with E-state index in [0.717, 1.165) is 23.3 Å². The molecular weight excluding hydrogens is 578 g/mol. The van der Waals surface area contributed by atoms with Crippen LogP contribution in [0.1, 0.15) is 37.8 Å². The molecule has 5 N–H and O–H groups in total. The number of aromatic nitrogens is 2. The third-order valence-corrected chi connectivity index (χ3v) is 7.31. The first-order valence-electron chi connectivity index (χ1n) is 14.8. The lowest BCUT2D eigenvalue weighted by atomic mass is 10.1. The number of anilines is 1. The van der Waals surface area contributed by atoms with Crippen LogP contribution in [0.2, 0.25) is 0 Å². The fourth-order valence-corrected chi connectivity index (χ4v) is 4.76. The van der Waals surface area contributed by atoms with E-state index in [4.69, 9.17) is 15.2 Å². The Hall–Kier alpha value is -4.75. The molecule has 0 aliphatic carbocycles. The van der Waals surface area contributed by atoms with Crippen LogP contribution >= 0.6 is 0 Å². The normalized spacial score (nSPS) is 15.3. The third kappa shape index (κ3) is 9.62. The molecular formula is C32H41N7O6. The fourth-order valence-electron chi connectivity index (χ4n) is 4.76. The first-order valence-corrected chi connectivity index (χ1v) is 14.8. The number of carbonyl (C=O) groups is 4. The summed E-state index contributed by atoms with van der Waals surface area (Å²) in [6.45, 7) is 3.98. The molecule has 1 aliphatic heterocycles. The van der Waals surface area contributed by atoms with Gasteiger partial charge in [-0.1, -0.05) is 42.5 Å². The van der Waals surface area contributed by atoms with Crippen LogP contribution in [0, 0.1) is 0 Å². The average molecular weight is 620 g/mol. The van der Waals surface area contributed by atoms with Gasteiger partial charge in [0, 0.05) is 19.3 Å². The molecule has 4 amide bonds. The Bertz CT molecular complexity index is 1450. The zero-order chi connectivity index (χ0) is 32.4. The van der Waals surface area contributed by atoms with Crippen molar-refractivity contribution in [3.05, 3.63) is 78.2 Å². The minimum atomic E-state index is -1.21. The number of nitrogens with one attached hydrogen (secondary N) is 3. The number of benzene rings is 2. The highest BCUT2D eigenvalue weighted by molar-refractivity contribution is 5.98. The highest BCUT2D eigenvalue weighted by Crippen LogP contribution is 2.19. The molecule has 0 spiro atoms. The van der Waals surface area contributed by atoms with Crippen LogP contribution in [0.15, 0.2) is 67.1 Å². The van der Waals surface area contributed by atoms with Crippen LogP contribution in [-0.4, -0.2) is 76.0 Å². The molecule has 240 valence electrons. The van der Waals surface area contributed by atoms with Crippen LogP contribution < -0.4 is 26.4 Å². The Morgan fingerprint density at radius 1 is 1.07 bits per heavy atom. The smallest absolute Gasteiger partial charge is 0.250 e. The first kappa shape index (κ1) is 33.1. The van der Waals surface area contributed by atoms with E-state index in [1.807, 2.05) is 54.6 Å². The summed E-state index contributed by atoms with van der Waals surface area (Å²) in [6, 6.07) is 15.2. The van der Waals surface area contributed by atoms with Gasteiger partial charge in [-0.3, -0.25) is 19.2 Å². The predicted molar refractivity (Wildman–Crippen MR) is 167 cm³/mol. The SMILES string of the molecule is COc1ccc(CNC(=O)[C@@H]2CCCN2C(=O)Cn2cnc(NC(=O)[C@@H](COCc3ccccc3)NC(=O)C(C)(C)N)c2)cc1. The molecule has 1 fully saturated rings. The number of rotatable bonds is 14. The van der Waals surface area contributed by atoms with Crippen LogP contribution in [0.5, 0.6) is 5.75 Å². The second kappa shape index (κ2) is 15.3. The molecule has 1 aromatic heterocycles. The minimum Gasteiger partial charge on any atom is -0.497 e. The number of hydrogen-bond acceptors (Lipinski definition) is 8. The summed E-state index contributed by atoms with van der Waals surface area (Å²) < 4.78 is 12.4. The Kier molecular flexibility index (Phi) is 11.3. The van der Waals surface area contributed by atoms with Crippen LogP contribution in [-0.2, 0) is 43.6 Å². The van der Waals surface area contributed by atoms with Crippen molar-refractivity contribution in [3.63, 3.8) is 0 Å². The van der Waals surface area contributed by atoms with E-state index in [-0.39, 0.29) is 37.4 Å². The van der Waals surface area contributed by atoms with Gasteiger partial charge in [0.2, 0.25) is 17.7 Å². The molecule has 45 heavy (non-hydrogen) atoms. The fraction of sp³-hybridized carbons (Fsp3) is 0.406. The van der Waals surface area contributed by atoms with Gasteiger partial charge in [0.05, 0.1) is 32.2 Å². The van der Waals surface area contributed by atoms with Gasteiger partial charge in [-0.15, -0.1) is 0 Å². The summed E-state index contributed by atoms with van der Waals surface area (Å²) in [4.78, 5) is 57.6. The van der Waals surface area contributed by atoms with E-state index in [9.17, 15) is 19.2 Å².